The third-order valence-corrected chi connectivity index (χ3v) is 4.12. The Morgan fingerprint density at radius 2 is 1.88 bits per heavy atom. The number of para-hydroxylation sites is 1. The fraction of sp³-hybridized carbons (Fsp3) is 0.438. The van der Waals surface area contributed by atoms with Gasteiger partial charge in [0.1, 0.15) is 6.33 Å². The summed E-state index contributed by atoms with van der Waals surface area (Å²) in [5.41, 5.74) is 1.29. The van der Waals surface area contributed by atoms with Crippen LogP contribution in [-0.2, 0) is 13.6 Å². The Morgan fingerprint density at radius 3 is 2.46 bits per heavy atom. The summed E-state index contributed by atoms with van der Waals surface area (Å²) >= 11 is 0. The van der Waals surface area contributed by atoms with Gasteiger partial charge in [-0.1, -0.05) is 18.2 Å². The summed E-state index contributed by atoms with van der Waals surface area (Å²) in [4.78, 5) is 9.09. The van der Waals surface area contributed by atoms with Crippen molar-refractivity contribution in [2.75, 3.05) is 38.1 Å². The Bertz CT molecular complexity index is 647. The first kappa shape index (κ1) is 18.5. The second-order valence-electron chi connectivity index (χ2n) is 5.57. The van der Waals surface area contributed by atoms with Gasteiger partial charge < -0.3 is 19.7 Å². The number of aryl methyl sites for hydroxylation is 1. The van der Waals surface area contributed by atoms with Crippen molar-refractivity contribution in [2.24, 2.45) is 12.0 Å². The number of halogens is 1. The summed E-state index contributed by atoms with van der Waals surface area (Å²) in [6.45, 7) is 4.52. The maximum Gasteiger partial charge on any atom is 0.194 e. The van der Waals surface area contributed by atoms with Crippen molar-refractivity contribution in [1.82, 2.24) is 25.0 Å². The first-order valence-electron chi connectivity index (χ1n) is 7.86. The van der Waals surface area contributed by atoms with E-state index in [1.807, 2.05) is 18.7 Å². The van der Waals surface area contributed by atoms with Crippen LogP contribution in [0.2, 0.25) is 0 Å². The van der Waals surface area contributed by atoms with E-state index in [1.165, 1.54) is 5.69 Å². The lowest BCUT2D eigenvalue weighted by atomic mass is 10.2. The van der Waals surface area contributed by atoms with Crippen LogP contribution < -0.4 is 10.2 Å². The number of nitrogens with one attached hydrogen (secondary N) is 1. The molecule has 1 saturated heterocycles. The van der Waals surface area contributed by atoms with Crippen molar-refractivity contribution in [3.8, 4) is 0 Å². The van der Waals surface area contributed by atoms with Gasteiger partial charge in [-0.15, -0.1) is 34.2 Å². The normalized spacial score (nSPS) is 15.2. The highest BCUT2D eigenvalue weighted by Gasteiger charge is 2.19. The van der Waals surface area contributed by atoms with E-state index < -0.39 is 0 Å². The van der Waals surface area contributed by atoms with Crippen molar-refractivity contribution < 1.29 is 0 Å². The molecular weight excluding hydrogens is 417 g/mol. The molecule has 0 spiro atoms. The number of aromatic nitrogens is 3. The molecule has 24 heavy (non-hydrogen) atoms. The van der Waals surface area contributed by atoms with Gasteiger partial charge in [-0.3, -0.25) is 4.99 Å². The predicted octanol–water partition coefficient (Wildman–Crippen LogP) is 1.33. The molecule has 1 fully saturated rings. The van der Waals surface area contributed by atoms with Crippen LogP contribution in [0.25, 0.3) is 0 Å². The average molecular weight is 441 g/mol. The van der Waals surface area contributed by atoms with Gasteiger partial charge in [0.2, 0.25) is 0 Å². The molecule has 1 N–H and O–H groups in total. The van der Waals surface area contributed by atoms with Gasteiger partial charge in [0.15, 0.2) is 11.8 Å². The predicted molar refractivity (Wildman–Crippen MR) is 107 cm³/mol. The van der Waals surface area contributed by atoms with Gasteiger partial charge in [-0.2, -0.15) is 0 Å². The van der Waals surface area contributed by atoms with Gasteiger partial charge in [0, 0.05) is 46.0 Å². The number of guanidine groups is 1. The Labute approximate surface area is 159 Å². The number of rotatable bonds is 3. The van der Waals surface area contributed by atoms with Crippen LogP contribution in [0.4, 0.5) is 5.69 Å². The van der Waals surface area contributed by atoms with E-state index in [0.717, 1.165) is 38.0 Å². The van der Waals surface area contributed by atoms with Gasteiger partial charge in [0.25, 0.3) is 0 Å². The monoisotopic (exact) mass is 441 g/mol. The summed E-state index contributed by atoms with van der Waals surface area (Å²) < 4.78 is 1.91. The zero-order valence-electron chi connectivity index (χ0n) is 14.1. The smallest absolute Gasteiger partial charge is 0.194 e. The molecule has 0 amide bonds. The van der Waals surface area contributed by atoms with Gasteiger partial charge in [-0.25, -0.2) is 0 Å². The van der Waals surface area contributed by atoms with E-state index in [9.17, 15) is 0 Å². The number of hydrogen-bond donors (Lipinski definition) is 1. The lowest BCUT2D eigenvalue weighted by molar-refractivity contribution is 0.372. The number of piperazine rings is 1. The molecule has 130 valence electrons. The summed E-state index contributed by atoms with van der Waals surface area (Å²) in [6.07, 6.45) is 1.71. The van der Waals surface area contributed by atoms with Gasteiger partial charge in [-0.05, 0) is 12.1 Å². The Kier molecular flexibility index (Phi) is 6.83. The fourth-order valence-electron chi connectivity index (χ4n) is 2.77. The van der Waals surface area contributed by atoms with Crippen LogP contribution in [-0.4, -0.2) is 58.9 Å². The van der Waals surface area contributed by atoms with Crippen molar-refractivity contribution >= 4 is 35.6 Å². The minimum Gasteiger partial charge on any atom is -0.368 e. The summed E-state index contributed by atoms with van der Waals surface area (Å²) in [5, 5.41) is 11.4. The minimum absolute atomic E-state index is 0. The topological polar surface area (TPSA) is 61.6 Å². The van der Waals surface area contributed by atoms with Gasteiger partial charge in [0.05, 0.1) is 6.54 Å². The van der Waals surface area contributed by atoms with E-state index in [-0.39, 0.29) is 24.0 Å². The number of hydrogen-bond acceptors (Lipinski definition) is 4. The molecule has 8 heteroatoms. The lowest BCUT2D eigenvalue weighted by Gasteiger charge is -2.37. The highest BCUT2D eigenvalue weighted by Crippen LogP contribution is 2.15. The molecule has 0 atom stereocenters. The third kappa shape index (κ3) is 4.37. The molecule has 2 heterocycles. The molecule has 0 saturated carbocycles. The van der Waals surface area contributed by atoms with Crippen molar-refractivity contribution in [1.29, 1.82) is 0 Å². The summed E-state index contributed by atoms with van der Waals surface area (Å²) in [7, 11) is 3.76. The average Bonchev–Trinajstić information content (AvgIpc) is 3.02. The third-order valence-electron chi connectivity index (χ3n) is 4.12. The van der Waals surface area contributed by atoms with E-state index in [2.05, 4.69) is 60.6 Å². The highest BCUT2D eigenvalue weighted by atomic mass is 127. The van der Waals surface area contributed by atoms with Crippen molar-refractivity contribution in [3.63, 3.8) is 0 Å². The molecular formula is C16H24IN7. The SMILES string of the molecule is CN=C(NCc1nncn1C)N1CCN(c2ccccc2)CC1.I. The summed E-state index contributed by atoms with van der Waals surface area (Å²) in [6, 6.07) is 10.6. The molecule has 2 aromatic rings. The Balaban J connectivity index is 0.00000208. The minimum atomic E-state index is 0. The first-order valence-corrected chi connectivity index (χ1v) is 7.86. The van der Waals surface area contributed by atoms with Crippen LogP contribution in [0.15, 0.2) is 41.7 Å². The first-order chi connectivity index (χ1) is 11.3. The van der Waals surface area contributed by atoms with E-state index in [1.54, 1.807) is 6.33 Å². The number of aliphatic imine (C=N–C) groups is 1. The number of nitrogens with zero attached hydrogens (tertiary/aromatic N) is 6. The van der Waals surface area contributed by atoms with Gasteiger partial charge >= 0.3 is 0 Å². The molecule has 0 unspecified atom stereocenters. The van der Waals surface area contributed by atoms with Crippen molar-refractivity contribution in [2.45, 2.75) is 6.54 Å². The van der Waals surface area contributed by atoms with E-state index >= 15 is 0 Å². The Hall–Kier alpha value is -1.84. The van der Waals surface area contributed by atoms with E-state index in [0.29, 0.717) is 6.54 Å². The molecule has 7 nitrogen and oxygen atoms in total. The standard InChI is InChI=1S/C16H23N7.HI/c1-17-16(18-12-15-20-19-13-21(15)2)23-10-8-22(9-11-23)14-6-4-3-5-7-14;/h3-7,13H,8-12H2,1-2H3,(H,17,18);1H. The van der Waals surface area contributed by atoms with E-state index in [4.69, 9.17) is 0 Å². The van der Waals surface area contributed by atoms with Crippen LogP contribution in [0.3, 0.4) is 0 Å². The quantitative estimate of drug-likeness (QED) is 0.443. The largest absolute Gasteiger partial charge is 0.368 e. The lowest BCUT2D eigenvalue weighted by Crippen LogP contribution is -2.52. The van der Waals surface area contributed by atoms with Crippen LogP contribution >= 0.6 is 24.0 Å². The Morgan fingerprint density at radius 1 is 1.17 bits per heavy atom. The highest BCUT2D eigenvalue weighted by molar-refractivity contribution is 14.0. The summed E-state index contributed by atoms with van der Waals surface area (Å²) in [5.74, 6) is 1.81. The molecule has 0 radical (unpaired) electrons. The molecule has 1 aliphatic heterocycles. The maximum absolute atomic E-state index is 4.39. The molecule has 0 aliphatic carbocycles. The number of benzene rings is 1. The maximum atomic E-state index is 4.39. The fourth-order valence-corrected chi connectivity index (χ4v) is 2.77. The molecule has 1 aliphatic rings. The molecule has 1 aromatic carbocycles. The van der Waals surface area contributed by atoms with Crippen LogP contribution in [0.1, 0.15) is 5.82 Å². The molecule has 3 rings (SSSR count). The van der Waals surface area contributed by atoms with Crippen LogP contribution in [0.5, 0.6) is 0 Å². The second kappa shape index (κ2) is 8.86. The molecule has 1 aromatic heterocycles. The van der Waals surface area contributed by atoms with Crippen molar-refractivity contribution in [3.05, 3.63) is 42.5 Å². The zero-order chi connectivity index (χ0) is 16.1. The number of anilines is 1. The zero-order valence-corrected chi connectivity index (χ0v) is 16.4. The second-order valence-corrected chi connectivity index (χ2v) is 5.57. The van der Waals surface area contributed by atoms with Crippen LogP contribution in [0, 0.1) is 0 Å². The molecule has 0 bridgehead atoms.